The molecule has 6 heteroatoms. The molecule has 0 aliphatic rings. The van der Waals surface area contributed by atoms with Crippen molar-refractivity contribution >= 4 is 11.0 Å². The number of pyridine rings is 1. The van der Waals surface area contributed by atoms with Crippen LogP contribution in [0.2, 0.25) is 0 Å². The lowest BCUT2D eigenvalue weighted by Crippen LogP contribution is -2.02. The molecule has 5 rings (SSSR count). The lowest BCUT2D eigenvalue weighted by molar-refractivity contribution is 0.288. The number of aromatic nitrogens is 4. The van der Waals surface area contributed by atoms with E-state index >= 15 is 0 Å². The molecule has 0 saturated heterocycles. The zero-order chi connectivity index (χ0) is 24.7. The Balaban J connectivity index is 1.41. The molecule has 0 aliphatic carbocycles. The van der Waals surface area contributed by atoms with E-state index in [1.807, 2.05) is 24.6 Å². The third-order valence-corrected chi connectivity index (χ3v) is 6.34. The van der Waals surface area contributed by atoms with Gasteiger partial charge in [-0.2, -0.15) is 10.1 Å². The van der Waals surface area contributed by atoms with E-state index in [0.717, 1.165) is 45.0 Å². The maximum absolute atomic E-state index is 6.11. The van der Waals surface area contributed by atoms with Crippen molar-refractivity contribution in [3.63, 3.8) is 0 Å². The fourth-order valence-electron chi connectivity index (χ4n) is 4.25. The smallest absolute Gasteiger partial charge is 0.226 e. The van der Waals surface area contributed by atoms with Gasteiger partial charge in [0, 0.05) is 17.0 Å². The summed E-state index contributed by atoms with van der Waals surface area (Å²) in [5.74, 6) is 2.36. The molecule has 5 aromatic rings. The quantitative estimate of drug-likeness (QED) is 0.269. The van der Waals surface area contributed by atoms with Crippen LogP contribution in [0.5, 0.6) is 5.88 Å². The molecule has 0 spiro atoms. The van der Waals surface area contributed by atoms with Crippen LogP contribution in [-0.2, 0) is 6.61 Å². The van der Waals surface area contributed by atoms with E-state index in [0.29, 0.717) is 17.7 Å². The number of ether oxygens (including phenoxy) is 1. The molecular formula is C29H30N4O2. The first kappa shape index (κ1) is 22.8. The van der Waals surface area contributed by atoms with Gasteiger partial charge < -0.3 is 9.15 Å². The van der Waals surface area contributed by atoms with Crippen molar-refractivity contribution in [2.45, 2.75) is 54.1 Å². The van der Waals surface area contributed by atoms with Gasteiger partial charge in [0.25, 0.3) is 0 Å². The highest BCUT2D eigenvalue weighted by molar-refractivity contribution is 5.84. The van der Waals surface area contributed by atoms with Crippen LogP contribution in [0.3, 0.4) is 0 Å². The standard InChI is InChI=1S/C29H30N4O2/c1-17(2)22-9-11-23(12-10-22)29-30-25(21(6)35-29)16-34-26-15-19(4)27-20(5)32-33(28(27)31-26)24-13-7-18(3)8-14-24/h7-15,17H,16H2,1-6H3. The summed E-state index contributed by atoms with van der Waals surface area (Å²) in [6, 6.07) is 18.6. The van der Waals surface area contributed by atoms with Crippen molar-refractivity contribution in [3.05, 3.63) is 88.4 Å². The molecule has 2 aromatic carbocycles. The van der Waals surface area contributed by atoms with Crippen molar-refractivity contribution in [2.75, 3.05) is 0 Å². The number of hydrogen-bond donors (Lipinski definition) is 0. The number of aryl methyl sites for hydroxylation is 4. The summed E-state index contributed by atoms with van der Waals surface area (Å²) >= 11 is 0. The van der Waals surface area contributed by atoms with Crippen LogP contribution in [-0.4, -0.2) is 19.7 Å². The Labute approximate surface area is 205 Å². The Morgan fingerprint density at radius 2 is 1.63 bits per heavy atom. The fourth-order valence-corrected chi connectivity index (χ4v) is 4.25. The van der Waals surface area contributed by atoms with Gasteiger partial charge in [0.2, 0.25) is 11.8 Å². The summed E-state index contributed by atoms with van der Waals surface area (Å²) in [6.45, 7) is 12.7. The second-order valence-corrected chi connectivity index (χ2v) is 9.40. The first-order valence-corrected chi connectivity index (χ1v) is 11.9. The van der Waals surface area contributed by atoms with Crippen LogP contribution in [0.25, 0.3) is 28.2 Å². The molecular weight excluding hydrogens is 436 g/mol. The monoisotopic (exact) mass is 466 g/mol. The third kappa shape index (κ3) is 4.44. The molecule has 0 saturated carbocycles. The maximum Gasteiger partial charge on any atom is 0.226 e. The molecule has 3 heterocycles. The summed E-state index contributed by atoms with van der Waals surface area (Å²) in [6.07, 6.45) is 0. The minimum atomic E-state index is 0.273. The van der Waals surface area contributed by atoms with Gasteiger partial charge in [0.1, 0.15) is 18.1 Å². The van der Waals surface area contributed by atoms with Gasteiger partial charge in [-0.05, 0) is 69.0 Å². The van der Waals surface area contributed by atoms with Crippen LogP contribution in [0, 0.1) is 27.7 Å². The molecule has 0 aliphatic heterocycles. The number of oxazole rings is 1. The topological polar surface area (TPSA) is 66.0 Å². The zero-order valence-electron chi connectivity index (χ0n) is 21.1. The van der Waals surface area contributed by atoms with Crippen LogP contribution in [0.1, 0.15) is 53.6 Å². The van der Waals surface area contributed by atoms with Crippen molar-refractivity contribution in [3.8, 4) is 23.0 Å². The molecule has 178 valence electrons. The predicted molar refractivity (Wildman–Crippen MR) is 138 cm³/mol. The third-order valence-electron chi connectivity index (χ3n) is 6.34. The van der Waals surface area contributed by atoms with Gasteiger partial charge in [-0.15, -0.1) is 0 Å². The van der Waals surface area contributed by atoms with Gasteiger partial charge in [-0.3, -0.25) is 0 Å². The highest BCUT2D eigenvalue weighted by atomic mass is 16.5. The minimum Gasteiger partial charge on any atom is -0.471 e. The van der Waals surface area contributed by atoms with Gasteiger partial charge >= 0.3 is 0 Å². The summed E-state index contributed by atoms with van der Waals surface area (Å²) in [5.41, 5.74) is 7.97. The molecule has 0 radical (unpaired) electrons. The van der Waals surface area contributed by atoms with Gasteiger partial charge in [0.15, 0.2) is 5.65 Å². The summed E-state index contributed by atoms with van der Waals surface area (Å²) in [7, 11) is 0. The summed E-state index contributed by atoms with van der Waals surface area (Å²) in [4.78, 5) is 9.51. The number of rotatable bonds is 6. The normalized spacial score (nSPS) is 11.5. The van der Waals surface area contributed by atoms with E-state index in [2.05, 4.69) is 76.2 Å². The predicted octanol–water partition coefficient (Wildman–Crippen LogP) is 7.01. The molecule has 6 nitrogen and oxygen atoms in total. The summed E-state index contributed by atoms with van der Waals surface area (Å²) in [5, 5.41) is 5.79. The second kappa shape index (κ2) is 9.02. The molecule has 0 N–H and O–H groups in total. The maximum atomic E-state index is 6.11. The zero-order valence-corrected chi connectivity index (χ0v) is 21.1. The summed E-state index contributed by atoms with van der Waals surface area (Å²) < 4.78 is 13.9. The molecule has 0 bridgehead atoms. The minimum absolute atomic E-state index is 0.273. The van der Waals surface area contributed by atoms with Gasteiger partial charge in [0.05, 0.1) is 11.4 Å². The number of nitrogens with zero attached hydrogens (tertiary/aromatic N) is 4. The SMILES string of the molecule is Cc1ccc(-n2nc(C)c3c(C)cc(OCc4nc(-c5ccc(C(C)C)cc5)oc4C)nc32)cc1. The van der Waals surface area contributed by atoms with E-state index in [4.69, 9.17) is 24.2 Å². The molecule has 0 fully saturated rings. The van der Waals surface area contributed by atoms with Crippen molar-refractivity contribution in [1.29, 1.82) is 0 Å². The van der Waals surface area contributed by atoms with Crippen molar-refractivity contribution < 1.29 is 9.15 Å². The van der Waals surface area contributed by atoms with Crippen molar-refractivity contribution in [1.82, 2.24) is 19.7 Å². The van der Waals surface area contributed by atoms with Crippen LogP contribution in [0.4, 0.5) is 0 Å². The fraction of sp³-hybridized carbons (Fsp3) is 0.276. The van der Waals surface area contributed by atoms with Crippen LogP contribution in [0.15, 0.2) is 59.0 Å². The second-order valence-electron chi connectivity index (χ2n) is 9.40. The highest BCUT2D eigenvalue weighted by Crippen LogP contribution is 2.28. The molecule has 35 heavy (non-hydrogen) atoms. The van der Waals surface area contributed by atoms with E-state index in [1.165, 1.54) is 11.1 Å². The van der Waals surface area contributed by atoms with Crippen LogP contribution >= 0.6 is 0 Å². The number of fused-ring (bicyclic) bond motifs is 1. The Hall–Kier alpha value is -3.93. The Morgan fingerprint density at radius 3 is 2.31 bits per heavy atom. The molecule has 3 aromatic heterocycles. The van der Waals surface area contributed by atoms with Crippen molar-refractivity contribution in [2.24, 2.45) is 0 Å². The Kier molecular flexibility index (Phi) is 5.89. The highest BCUT2D eigenvalue weighted by Gasteiger charge is 2.17. The van der Waals surface area contributed by atoms with Gasteiger partial charge in [-0.1, -0.05) is 43.7 Å². The van der Waals surface area contributed by atoms with E-state index in [9.17, 15) is 0 Å². The molecule has 0 unspecified atom stereocenters. The average Bonchev–Trinajstić information content (AvgIpc) is 3.38. The molecule has 0 atom stereocenters. The van der Waals surface area contributed by atoms with E-state index in [1.54, 1.807) is 0 Å². The van der Waals surface area contributed by atoms with Crippen LogP contribution < -0.4 is 4.74 Å². The van der Waals surface area contributed by atoms with Gasteiger partial charge in [-0.25, -0.2) is 9.67 Å². The Bertz CT molecular complexity index is 1490. The first-order valence-electron chi connectivity index (χ1n) is 11.9. The lowest BCUT2D eigenvalue weighted by Gasteiger charge is -2.08. The van der Waals surface area contributed by atoms with E-state index < -0.39 is 0 Å². The first-order chi connectivity index (χ1) is 16.8. The number of benzene rings is 2. The molecule has 0 amide bonds. The van der Waals surface area contributed by atoms with E-state index in [-0.39, 0.29) is 6.61 Å². The Morgan fingerprint density at radius 1 is 0.914 bits per heavy atom. The average molecular weight is 467 g/mol. The lowest BCUT2D eigenvalue weighted by atomic mass is 10.0. The number of hydrogen-bond acceptors (Lipinski definition) is 5. The largest absolute Gasteiger partial charge is 0.471 e.